The highest BCUT2D eigenvalue weighted by Gasteiger charge is 2.19. The minimum atomic E-state index is -0.173. The van der Waals surface area contributed by atoms with Gasteiger partial charge in [0.15, 0.2) is 15.3 Å². The van der Waals surface area contributed by atoms with Crippen molar-refractivity contribution in [1.82, 2.24) is 34.7 Å². The van der Waals surface area contributed by atoms with Crippen molar-refractivity contribution in [3.05, 3.63) is 6.20 Å². The number of aryl methyl sites for hydroxylation is 1. The van der Waals surface area contributed by atoms with E-state index in [4.69, 9.17) is 4.74 Å². The topological polar surface area (TPSA) is 113 Å². The van der Waals surface area contributed by atoms with Gasteiger partial charge in [-0.15, -0.1) is 25.5 Å². The molecule has 0 unspecified atom stereocenters. The highest BCUT2D eigenvalue weighted by atomic mass is 32.2. The normalized spacial score (nSPS) is 11.0. The van der Waals surface area contributed by atoms with Crippen LogP contribution in [0.2, 0.25) is 0 Å². The minimum absolute atomic E-state index is 0.173. The molecular weight excluding hydrogens is 408 g/mol. The Morgan fingerprint density at radius 2 is 2.07 bits per heavy atom. The van der Waals surface area contributed by atoms with E-state index in [1.807, 2.05) is 20.2 Å². The highest BCUT2D eigenvalue weighted by molar-refractivity contribution is 8.01. The van der Waals surface area contributed by atoms with Gasteiger partial charge in [-0.2, -0.15) is 0 Å². The van der Waals surface area contributed by atoms with Crippen LogP contribution in [0.1, 0.15) is 6.92 Å². The third kappa shape index (κ3) is 4.59. The van der Waals surface area contributed by atoms with Crippen LogP contribution in [0.5, 0.6) is 5.88 Å². The number of hydrogen-bond acceptors (Lipinski definition) is 10. The fraction of sp³-hybridized carbons (Fsp3) is 0.429. The molecule has 3 heterocycles. The van der Waals surface area contributed by atoms with Gasteiger partial charge in [0, 0.05) is 20.3 Å². The zero-order valence-electron chi connectivity index (χ0n) is 15.2. The van der Waals surface area contributed by atoms with Crippen molar-refractivity contribution in [3.63, 3.8) is 0 Å². The van der Waals surface area contributed by atoms with Crippen molar-refractivity contribution >= 4 is 45.9 Å². The SMILES string of the molecule is CCSc1nnc(NC(=O)CSc2nnc(-c3cn(C)nc3OC)n2C)s1. The molecule has 27 heavy (non-hydrogen) atoms. The van der Waals surface area contributed by atoms with Crippen molar-refractivity contribution in [2.24, 2.45) is 14.1 Å². The van der Waals surface area contributed by atoms with Gasteiger partial charge >= 0.3 is 0 Å². The van der Waals surface area contributed by atoms with E-state index in [9.17, 15) is 4.79 Å². The van der Waals surface area contributed by atoms with Crippen molar-refractivity contribution in [2.45, 2.75) is 16.4 Å². The summed E-state index contributed by atoms with van der Waals surface area (Å²) in [5, 5.41) is 24.4. The van der Waals surface area contributed by atoms with Crippen LogP contribution in [0, 0.1) is 0 Å². The molecular formula is C14H18N8O2S3. The molecule has 0 aliphatic heterocycles. The highest BCUT2D eigenvalue weighted by Crippen LogP contribution is 2.29. The fourth-order valence-corrected chi connectivity index (χ4v) is 4.55. The standard InChI is InChI=1S/C14H18N8O2S3/c1-5-25-14-19-17-12(27-14)15-9(23)7-26-13-18-16-10(22(13)3)8-6-21(2)20-11(8)24-4/h6H,5,7H2,1-4H3,(H,15,17,23). The van der Waals surface area contributed by atoms with Crippen molar-refractivity contribution in [1.29, 1.82) is 0 Å². The van der Waals surface area contributed by atoms with Crippen molar-refractivity contribution < 1.29 is 9.53 Å². The first-order valence-electron chi connectivity index (χ1n) is 7.88. The van der Waals surface area contributed by atoms with E-state index in [-0.39, 0.29) is 11.7 Å². The van der Waals surface area contributed by atoms with Gasteiger partial charge < -0.3 is 9.30 Å². The first kappa shape index (κ1) is 19.6. The number of rotatable bonds is 8. The van der Waals surface area contributed by atoms with Crippen molar-refractivity contribution in [2.75, 3.05) is 23.9 Å². The van der Waals surface area contributed by atoms with Crippen LogP contribution in [0.25, 0.3) is 11.4 Å². The van der Waals surface area contributed by atoms with Gasteiger partial charge in [-0.3, -0.25) is 14.8 Å². The zero-order chi connectivity index (χ0) is 19.4. The van der Waals surface area contributed by atoms with Gasteiger partial charge in [0.05, 0.1) is 12.9 Å². The molecule has 0 aromatic carbocycles. The molecule has 0 saturated carbocycles. The monoisotopic (exact) mass is 426 g/mol. The number of nitrogens with one attached hydrogen (secondary N) is 1. The first-order valence-corrected chi connectivity index (χ1v) is 10.7. The maximum atomic E-state index is 12.2. The number of thioether (sulfide) groups is 2. The third-order valence-electron chi connectivity index (χ3n) is 3.32. The summed E-state index contributed by atoms with van der Waals surface area (Å²) in [6.07, 6.45) is 1.81. The van der Waals surface area contributed by atoms with Crippen LogP contribution in [-0.2, 0) is 18.9 Å². The Bertz CT molecular complexity index is 935. The lowest BCUT2D eigenvalue weighted by atomic mass is 10.3. The Balaban J connectivity index is 1.63. The molecule has 0 bridgehead atoms. The van der Waals surface area contributed by atoms with Gasteiger partial charge in [-0.25, -0.2) is 0 Å². The first-order chi connectivity index (χ1) is 13.0. The summed E-state index contributed by atoms with van der Waals surface area (Å²) in [6.45, 7) is 2.04. The quantitative estimate of drug-likeness (QED) is 0.426. The van der Waals surface area contributed by atoms with Gasteiger partial charge in [0.25, 0.3) is 0 Å². The summed E-state index contributed by atoms with van der Waals surface area (Å²) in [6, 6.07) is 0. The Hall–Kier alpha value is -2.12. The molecule has 0 radical (unpaired) electrons. The Labute approximate surface area is 168 Å². The second-order valence-corrected chi connectivity index (χ2v) is 8.67. The molecule has 1 N–H and O–H groups in total. The lowest BCUT2D eigenvalue weighted by Crippen LogP contribution is -2.14. The summed E-state index contributed by atoms with van der Waals surface area (Å²) in [5.74, 6) is 2.01. The Morgan fingerprint density at radius 1 is 1.26 bits per heavy atom. The van der Waals surface area contributed by atoms with Gasteiger partial charge in [0.2, 0.25) is 16.9 Å². The predicted octanol–water partition coefficient (Wildman–Crippen LogP) is 1.92. The van der Waals surface area contributed by atoms with Gasteiger partial charge in [0.1, 0.15) is 5.56 Å². The van der Waals surface area contributed by atoms with E-state index in [0.29, 0.717) is 22.0 Å². The number of hydrogen-bond donors (Lipinski definition) is 1. The molecule has 1 amide bonds. The van der Waals surface area contributed by atoms with Crippen LogP contribution in [0.4, 0.5) is 5.13 Å². The maximum absolute atomic E-state index is 12.2. The molecule has 3 rings (SSSR count). The summed E-state index contributed by atoms with van der Waals surface area (Å²) >= 11 is 4.24. The summed E-state index contributed by atoms with van der Waals surface area (Å²) in [7, 11) is 5.20. The lowest BCUT2D eigenvalue weighted by Gasteiger charge is -2.03. The molecule has 144 valence electrons. The minimum Gasteiger partial charge on any atom is -0.479 e. The number of carbonyl (C=O) groups is 1. The molecule has 0 spiro atoms. The van der Waals surface area contributed by atoms with Crippen LogP contribution < -0.4 is 10.1 Å². The van der Waals surface area contributed by atoms with Gasteiger partial charge in [-0.05, 0) is 5.75 Å². The second-order valence-electron chi connectivity index (χ2n) is 5.23. The summed E-state index contributed by atoms with van der Waals surface area (Å²) < 4.78 is 9.56. The number of ether oxygens (including phenoxy) is 1. The number of methoxy groups -OCH3 is 1. The van der Waals surface area contributed by atoms with Gasteiger partial charge in [-0.1, -0.05) is 41.8 Å². The largest absolute Gasteiger partial charge is 0.479 e. The van der Waals surface area contributed by atoms with Crippen LogP contribution in [0.15, 0.2) is 15.7 Å². The molecule has 0 saturated heterocycles. The number of nitrogens with zero attached hydrogens (tertiary/aromatic N) is 7. The molecule has 3 aromatic rings. The molecule has 3 aromatic heterocycles. The van der Waals surface area contributed by atoms with E-state index < -0.39 is 0 Å². The smallest absolute Gasteiger partial charge is 0.243 e. The van der Waals surface area contributed by atoms with Crippen LogP contribution in [0.3, 0.4) is 0 Å². The van der Waals surface area contributed by atoms with Crippen LogP contribution in [-0.4, -0.2) is 59.3 Å². The number of aromatic nitrogens is 7. The second kappa shape index (κ2) is 8.71. The Morgan fingerprint density at radius 3 is 2.81 bits per heavy atom. The fourth-order valence-electron chi connectivity index (χ4n) is 2.17. The summed E-state index contributed by atoms with van der Waals surface area (Å²) in [4.78, 5) is 12.2. The average molecular weight is 427 g/mol. The van der Waals surface area contributed by atoms with Crippen LogP contribution >= 0.6 is 34.9 Å². The maximum Gasteiger partial charge on any atom is 0.243 e. The van der Waals surface area contributed by atoms with Crippen molar-refractivity contribution in [3.8, 4) is 17.3 Å². The number of carbonyl (C=O) groups excluding carboxylic acids is 1. The molecule has 0 fully saturated rings. The molecule has 10 nitrogen and oxygen atoms in total. The van der Waals surface area contributed by atoms with E-state index in [1.165, 1.54) is 23.1 Å². The summed E-state index contributed by atoms with van der Waals surface area (Å²) in [5.41, 5.74) is 0.737. The Kier molecular flexibility index (Phi) is 6.34. The molecule has 13 heteroatoms. The third-order valence-corrected chi connectivity index (χ3v) is 6.19. The lowest BCUT2D eigenvalue weighted by molar-refractivity contribution is -0.113. The van der Waals surface area contributed by atoms with E-state index in [1.54, 1.807) is 35.2 Å². The van der Waals surface area contributed by atoms with E-state index in [0.717, 1.165) is 15.7 Å². The zero-order valence-corrected chi connectivity index (χ0v) is 17.6. The molecule has 0 aliphatic carbocycles. The average Bonchev–Trinajstić information content (AvgIpc) is 3.32. The van der Waals surface area contributed by atoms with E-state index >= 15 is 0 Å². The number of anilines is 1. The number of amides is 1. The molecule has 0 aliphatic rings. The van der Waals surface area contributed by atoms with E-state index in [2.05, 4.69) is 30.8 Å². The predicted molar refractivity (Wildman–Crippen MR) is 105 cm³/mol. The molecule has 0 atom stereocenters.